The van der Waals surface area contributed by atoms with Gasteiger partial charge in [0.15, 0.2) is 10.8 Å². The molecule has 0 spiro atoms. The second kappa shape index (κ2) is 8.61. The van der Waals surface area contributed by atoms with Crippen molar-refractivity contribution in [3.8, 4) is 0 Å². The fourth-order valence-corrected chi connectivity index (χ4v) is 4.52. The van der Waals surface area contributed by atoms with Crippen molar-refractivity contribution in [1.29, 1.82) is 0 Å². The summed E-state index contributed by atoms with van der Waals surface area (Å²) in [6.45, 7) is 1.67. The first-order chi connectivity index (χ1) is 12.3. The number of hydrogen-bond donors (Lipinski definition) is 3. The Bertz CT molecular complexity index is 861. The van der Waals surface area contributed by atoms with Crippen LogP contribution in [0.15, 0.2) is 21.8 Å². The first-order valence-electron chi connectivity index (χ1n) is 7.36. The predicted octanol–water partition coefficient (Wildman–Crippen LogP) is -3.05. The predicted molar refractivity (Wildman–Crippen MR) is 96.5 cm³/mol. The van der Waals surface area contributed by atoms with Crippen molar-refractivity contribution in [2.24, 2.45) is 5.16 Å². The van der Waals surface area contributed by atoms with E-state index >= 15 is 0 Å². The summed E-state index contributed by atoms with van der Waals surface area (Å²) < 4.78 is 0. The van der Waals surface area contributed by atoms with Gasteiger partial charge in [-0.05, 0) is 12.5 Å². The Hall–Kier alpha value is -1.60. The van der Waals surface area contributed by atoms with Crippen molar-refractivity contribution < 1.29 is 55.3 Å². The maximum absolute atomic E-state index is 12.5. The maximum atomic E-state index is 12.5. The second-order valence-electron chi connectivity index (χ2n) is 5.49. The Morgan fingerprint density at radius 2 is 2.26 bits per heavy atom. The van der Waals surface area contributed by atoms with Crippen molar-refractivity contribution in [3.05, 3.63) is 22.3 Å². The fraction of sp³-hybridized carbons (Fsp3) is 0.357. The topological polar surface area (TPSA) is 147 Å². The standard InChI is InChI=1S/C14H15N5O5S2.Na.H/c1-5-3-25-12-8(11(21)19(12)9(5)13(22)23)17-10(20)7(18-24-2)6-4-26-14(15)16-6;;/h4,8,12H,3H2,1-2H3,(H2,15,16)(H,17,20)(H,22,23);;/q;+1;-1/t8-,12-;;/m1../s1. The molecule has 0 bridgehead atoms. The summed E-state index contributed by atoms with van der Waals surface area (Å²) >= 11 is 2.52. The zero-order chi connectivity index (χ0) is 19.0. The summed E-state index contributed by atoms with van der Waals surface area (Å²) in [5.41, 5.74) is 6.27. The summed E-state index contributed by atoms with van der Waals surface area (Å²) in [7, 11) is 1.28. The van der Waals surface area contributed by atoms with Gasteiger partial charge >= 0.3 is 35.5 Å². The molecule has 4 N–H and O–H groups in total. The molecule has 1 aromatic rings. The number of carbonyl (C=O) groups excluding carboxylic acids is 2. The van der Waals surface area contributed by atoms with Crippen LogP contribution in [0.4, 0.5) is 5.13 Å². The van der Waals surface area contributed by atoms with Crippen molar-refractivity contribution >= 4 is 51.7 Å². The molecule has 3 rings (SSSR count). The van der Waals surface area contributed by atoms with E-state index in [-0.39, 0.29) is 53.2 Å². The van der Waals surface area contributed by atoms with Crippen LogP contribution in [0.25, 0.3) is 0 Å². The van der Waals surface area contributed by atoms with Crippen LogP contribution < -0.4 is 40.6 Å². The monoisotopic (exact) mass is 421 g/mol. The molecule has 2 aliphatic rings. The van der Waals surface area contributed by atoms with E-state index in [1.807, 2.05) is 0 Å². The molecule has 1 saturated heterocycles. The molecular weight excluding hydrogens is 405 g/mol. The number of β-lactam (4-membered cyclic amide) rings is 1. The van der Waals surface area contributed by atoms with Crippen LogP contribution in [-0.4, -0.2) is 62.8 Å². The summed E-state index contributed by atoms with van der Waals surface area (Å²) in [5, 5.41) is 16.9. The molecule has 3 heterocycles. The van der Waals surface area contributed by atoms with Crippen LogP contribution in [0.5, 0.6) is 0 Å². The van der Waals surface area contributed by atoms with Crippen molar-refractivity contribution in [2.75, 3.05) is 18.6 Å². The van der Waals surface area contributed by atoms with Crippen LogP contribution in [0, 0.1) is 0 Å². The van der Waals surface area contributed by atoms with Gasteiger partial charge in [-0.3, -0.25) is 14.5 Å². The van der Waals surface area contributed by atoms with Crippen LogP contribution in [0.3, 0.4) is 0 Å². The number of aromatic nitrogens is 1. The minimum atomic E-state index is -1.16. The van der Waals surface area contributed by atoms with Gasteiger partial charge in [-0.2, -0.15) is 0 Å². The molecule has 0 aromatic carbocycles. The number of thioether (sulfide) groups is 1. The van der Waals surface area contributed by atoms with Gasteiger partial charge < -0.3 is 22.4 Å². The van der Waals surface area contributed by atoms with Crippen molar-refractivity contribution in [2.45, 2.75) is 18.3 Å². The number of nitrogens with two attached hydrogens (primary N) is 1. The number of carbonyl (C=O) groups is 3. The third-order valence-corrected chi connectivity index (χ3v) is 5.91. The summed E-state index contributed by atoms with van der Waals surface area (Å²) in [4.78, 5) is 46.2. The Morgan fingerprint density at radius 1 is 1.56 bits per heavy atom. The molecule has 0 aliphatic carbocycles. The number of nitrogens with zero attached hydrogens (tertiary/aromatic N) is 3. The van der Waals surface area contributed by atoms with E-state index in [1.165, 1.54) is 23.8 Å². The van der Waals surface area contributed by atoms with E-state index < -0.39 is 29.2 Å². The van der Waals surface area contributed by atoms with Gasteiger partial charge in [0.1, 0.15) is 29.9 Å². The fourth-order valence-electron chi connectivity index (χ4n) is 2.68. The van der Waals surface area contributed by atoms with Gasteiger partial charge in [-0.1, -0.05) is 5.16 Å². The Kier molecular flexibility index (Phi) is 6.92. The zero-order valence-electron chi connectivity index (χ0n) is 15.8. The number of thiazole rings is 1. The molecule has 2 aliphatic heterocycles. The molecule has 27 heavy (non-hydrogen) atoms. The van der Waals surface area contributed by atoms with E-state index in [2.05, 4.69) is 20.3 Å². The largest absolute Gasteiger partial charge is 1.00 e. The number of oxime groups is 1. The summed E-state index contributed by atoms with van der Waals surface area (Å²) in [6.07, 6.45) is 0. The normalized spacial score (nSPS) is 21.8. The third kappa shape index (κ3) is 3.99. The molecule has 2 atom stereocenters. The molecule has 0 radical (unpaired) electrons. The van der Waals surface area contributed by atoms with E-state index in [1.54, 1.807) is 12.3 Å². The molecule has 2 amide bonds. The van der Waals surface area contributed by atoms with Gasteiger partial charge in [0.25, 0.3) is 11.8 Å². The van der Waals surface area contributed by atoms with Gasteiger partial charge in [-0.25, -0.2) is 9.78 Å². The van der Waals surface area contributed by atoms with Crippen LogP contribution >= 0.6 is 23.1 Å². The Morgan fingerprint density at radius 3 is 2.81 bits per heavy atom. The SMILES string of the molecule is CON=C(C(=O)N[C@@H]1C(=O)N2C(C(=O)O)=C(C)CS[C@H]12)c1csc(N)n1.[H-].[Na+]. The molecule has 0 unspecified atom stereocenters. The van der Waals surface area contributed by atoms with Crippen LogP contribution in [0.1, 0.15) is 14.0 Å². The molecule has 1 fully saturated rings. The molecule has 140 valence electrons. The van der Waals surface area contributed by atoms with E-state index in [0.717, 1.165) is 11.3 Å². The quantitative estimate of drug-likeness (QED) is 0.197. The van der Waals surface area contributed by atoms with Crippen LogP contribution in [0.2, 0.25) is 0 Å². The van der Waals surface area contributed by atoms with E-state index in [0.29, 0.717) is 11.3 Å². The molecule has 0 saturated carbocycles. The number of rotatable bonds is 5. The number of aliphatic carboxylic acids is 1. The first-order valence-corrected chi connectivity index (χ1v) is 9.29. The summed E-state index contributed by atoms with van der Waals surface area (Å²) in [6, 6.07) is -0.854. The maximum Gasteiger partial charge on any atom is 1.00 e. The average molecular weight is 421 g/mol. The van der Waals surface area contributed by atoms with Gasteiger partial charge in [-0.15, -0.1) is 23.1 Å². The number of anilines is 1. The Labute approximate surface area is 186 Å². The average Bonchev–Trinajstić information content (AvgIpc) is 3.02. The van der Waals surface area contributed by atoms with Crippen molar-refractivity contribution in [3.63, 3.8) is 0 Å². The number of carboxylic acids is 1. The molecule has 10 nitrogen and oxygen atoms in total. The van der Waals surface area contributed by atoms with Gasteiger partial charge in [0.2, 0.25) is 0 Å². The van der Waals surface area contributed by atoms with Gasteiger partial charge in [0, 0.05) is 11.1 Å². The van der Waals surface area contributed by atoms with E-state index in [4.69, 9.17) is 5.73 Å². The minimum Gasteiger partial charge on any atom is -1.00 e. The molecular formula is C14H16N5NaO5S2. The number of fused-ring (bicyclic) bond motifs is 1. The van der Waals surface area contributed by atoms with Crippen LogP contribution in [-0.2, 0) is 19.2 Å². The Balaban J connectivity index is 0.00000196. The van der Waals surface area contributed by atoms with E-state index in [9.17, 15) is 19.5 Å². The van der Waals surface area contributed by atoms with Crippen molar-refractivity contribution in [1.82, 2.24) is 15.2 Å². The number of hydrogen-bond acceptors (Lipinski definition) is 9. The molecule has 13 heteroatoms. The smallest absolute Gasteiger partial charge is 1.00 e. The summed E-state index contributed by atoms with van der Waals surface area (Å²) in [5.74, 6) is -1.84. The second-order valence-corrected chi connectivity index (χ2v) is 7.48. The zero-order valence-corrected chi connectivity index (χ0v) is 18.4. The first kappa shape index (κ1) is 21.7. The molecule has 1 aromatic heterocycles. The number of carboxylic acid groups (broad SMARTS) is 1. The number of amides is 2. The minimum absolute atomic E-state index is 0. The number of nitrogens with one attached hydrogen (secondary N) is 1. The number of nitrogen functional groups attached to an aromatic ring is 1. The van der Waals surface area contributed by atoms with Gasteiger partial charge in [0.05, 0.1) is 0 Å². The third-order valence-electron chi connectivity index (χ3n) is 3.81.